The van der Waals surface area contributed by atoms with E-state index in [0.717, 1.165) is 25.6 Å². The largest absolute Gasteiger partial charge is 0.481 e. The van der Waals surface area contributed by atoms with Crippen molar-refractivity contribution in [2.45, 2.75) is 49.0 Å². The van der Waals surface area contributed by atoms with E-state index in [9.17, 15) is 36.3 Å². The average Bonchev–Trinajstić information content (AvgIpc) is 2.93. The van der Waals surface area contributed by atoms with Crippen LogP contribution in [0.3, 0.4) is 0 Å². The van der Waals surface area contributed by atoms with E-state index >= 15 is 0 Å². The van der Waals surface area contributed by atoms with Gasteiger partial charge in [-0.2, -0.15) is 17.9 Å². The monoisotopic (exact) mass is 596 g/mol. The Morgan fingerprint density at radius 2 is 1.83 bits per heavy atom. The molecule has 5 N–H and O–H groups in total. The molecule has 0 spiro atoms. The molecule has 11 nitrogen and oxygen atoms in total. The van der Waals surface area contributed by atoms with E-state index in [0.29, 0.717) is 38.0 Å². The zero-order chi connectivity index (χ0) is 29.6. The van der Waals surface area contributed by atoms with E-state index in [4.69, 9.17) is 0 Å². The number of guanidine groups is 1. The van der Waals surface area contributed by atoms with Gasteiger partial charge in [-0.25, -0.2) is 8.42 Å². The highest BCUT2D eigenvalue weighted by Crippen LogP contribution is 2.34. The number of aliphatic carboxylic acids is 1. The van der Waals surface area contributed by atoms with E-state index < -0.39 is 46.2 Å². The molecule has 4 rings (SSSR count). The number of rotatable bonds is 9. The van der Waals surface area contributed by atoms with Gasteiger partial charge in [-0.3, -0.25) is 14.6 Å². The van der Waals surface area contributed by atoms with Gasteiger partial charge < -0.3 is 26.0 Å². The summed E-state index contributed by atoms with van der Waals surface area (Å²) in [4.78, 5) is 30.4. The molecule has 0 aliphatic carbocycles. The number of nitrogens with zero attached hydrogens (tertiary/aromatic N) is 2. The van der Waals surface area contributed by atoms with Crippen LogP contribution in [0.4, 0.5) is 18.9 Å². The molecular formula is C26H31F3N6O5S. The van der Waals surface area contributed by atoms with Gasteiger partial charge >= 0.3 is 12.1 Å². The third kappa shape index (κ3) is 8.33. The van der Waals surface area contributed by atoms with Crippen LogP contribution in [0.5, 0.6) is 0 Å². The Balaban J connectivity index is 1.51. The summed E-state index contributed by atoms with van der Waals surface area (Å²) in [6.07, 6.45) is -5.03. The maximum absolute atomic E-state index is 13.8. The number of alkyl halides is 3. The van der Waals surface area contributed by atoms with Crippen molar-refractivity contribution >= 4 is 33.5 Å². The van der Waals surface area contributed by atoms with Gasteiger partial charge in [0, 0.05) is 43.5 Å². The Bertz CT molecular complexity index is 1380. The number of hydrogen-bond acceptors (Lipinski definition) is 8. The lowest BCUT2D eigenvalue weighted by Gasteiger charge is -2.35. The van der Waals surface area contributed by atoms with Crippen molar-refractivity contribution in [3.8, 4) is 0 Å². The van der Waals surface area contributed by atoms with Gasteiger partial charge in [-0.1, -0.05) is 18.2 Å². The molecule has 1 amide bonds. The summed E-state index contributed by atoms with van der Waals surface area (Å²) in [5, 5.41) is 18.0. The molecule has 222 valence electrons. The lowest BCUT2D eigenvalue weighted by molar-refractivity contribution is -0.138. The Kier molecular flexibility index (Phi) is 9.38. The second-order valence-corrected chi connectivity index (χ2v) is 11.5. The number of carbonyl (C=O) groups is 2. The first-order chi connectivity index (χ1) is 19.4. The summed E-state index contributed by atoms with van der Waals surface area (Å²) < 4.78 is 68.9. The van der Waals surface area contributed by atoms with E-state index in [-0.39, 0.29) is 22.2 Å². The normalized spacial score (nSPS) is 17.2. The summed E-state index contributed by atoms with van der Waals surface area (Å²) in [5.41, 5.74) is -1.26. The predicted octanol–water partition coefficient (Wildman–Crippen LogP) is 2.12. The van der Waals surface area contributed by atoms with Crippen LogP contribution < -0.4 is 25.6 Å². The lowest BCUT2D eigenvalue weighted by atomic mass is 10.0. The predicted molar refractivity (Wildman–Crippen MR) is 145 cm³/mol. The van der Waals surface area contributed by atoms with Gasteiger partial charge in [0.2, 0.25) is 10.0 Å². The highest BCUT2D eigenvalue weighted by Gasteiger charge is 2.33. The van der Waals surface area contributed by atoms with Crippen molar-refractivity contribution < 1.29 is 36.3 Å². The molecule has 41 heavy (non-hydrogen) atoms. The molecule has 0 radical (unpaired) electrons. The third-order valence-electron chi connectivity index (χ3n) is 6.64. The number of carbonyl (C=O) groups excluding carboxylic acids is 1. The number of carboxylic acids is 1. The van der Waals surface area contributed by atoms with Crippen molar-refractivity contribution in [1.29, 1.82) is 0 Å². The third-order valence-corrected chi connectivity index (χ3v) is 8.13. The Morgan fingerprint density at radius 3 is 2.44 bits per heavy atom. The van der Waals surface area contributed by atoms with E-state index in [1.807, 2.05) is 0 Å². The molecular weight excluding hydrogens is 565 g/mol. The van der Waals surface area contributed by atoms with Gasteiger partial charge in [-0.05, 0) is 49.6 Å². The van der Waals surface area contributed by atoms with Crippen molar-refractivity contribution in [2.24, 2.45) is 4.99 Å². The maximum Gasteiger partial charge on any atom is 0.416 e. The van der Waals surface area contributed by atoms with Crippen LogP contribution in [0.1, 0.15) is 41.6 Å². The van der Waals surface area contributed by atoms with Crippen LogP contribution >= 0.6 is 0 Å². The van der Waals surface area contributed by atoms with Gasteiger partial charge in [0.05, 0.1) is 16.9 Å². The molecule has 2 aromatic carbocycles. The quantitative estimate of drug-likeness (QED) is 0.276. The number of halogens is 3. The lowest BCUT2D eigenvalue weighted by Crippen LogP contribution is -2.50. The van der Waals surface area contributed by atoms with E-state index in [1.54, 1.807) is 11.0 Å². The molecule has 15 heteroatoms. The number of nitrogens with one attached hydrogen (secondary N) is 4. The molecule has 2 aliphatic rings. The second kappa shape index (κ2) is 12.8. The topological polar surface area (TPSA) is 152 Å². The first kappa shape index (κ1) is 30.1. The van der Waals surface area contributed by atoms with Crippen molar-refractivity contribution in [3.63, 3.8) is 0 Å². The highest BCUT2D eigenvalue weighted by atomic mass is 32.2. The molecule has 2 aromatic rings. The summed E-state index contributed by atoms with van der Waals surface area (Å²) in [5.74, 6) is -1.77. The Hall–Kier alpha value is -3.85. The van der Waals surface area contributed by atoms with Crippen LogP contribution in [-0.2, 0) is 21.0 Å². The van der Waals surface area contributed by atoms with Crippen LogP contribution in [-0.4, -0.2) is 69.7 Å². The fourth-order valence-electron chi connectivity index (χ4n) is 4.59. The SMILES string of the molecule is O=C(O)CC(NC(=O)c1cc(N2CCC(NC3=NCCCN3)CC2)cc(C(F)(F)F)c1)NS(=O)(=O)c1ccccc1. The molecule has 1 unspecified atom stereocenters. The number of amides is 1. The summed E-state index contributed by atoms with van der Waals surface area (Å²) >= 11 is 0. The van der Waals surface area contributed by atoms with Gasteiger partial charge in [0.1, 0.15) is 6.17 Å². The standard InChI is InChI=1S/C26H31F3N6O5S/c27-26(28,29)18-13-17(14-20(15-18)35-11-7-19(8-12-35)32-25-30-9-4-10-31-25)24(38)33-22(16-23(36)37)34-41(39,40)21-5-2-1-3-6-21/h1-3,5-6,13-15,19,22,34H,4,7-12,16H2,(H,33,38)(H,36,37)(H2,30,31,32). The molecule has 0 saturated carbocycles. The number of aliphatic imine (C=N–C) groups is 1. The number of sulfonamides is 1. The minimum absolute atomic E-state index is 0.0820. The molecule has 0 aromatic heterocycles. The Labute approximate surface area is 235 Å². The number of hydrogen-bond donors (Lipinski definition) is 5. The smallest absolute Gasteiger partial charge is 0.416 e. The van der Waals surface area contributed by atoms with Crippen LogP contribution in [0.2, 0.25) is 0 Å². The van der Waals surface area contributed by atoms with Gasteiger partial charge in [0.15, 0.2) is 5.96 Å². The summed E-state index contributed by atoms with van der Waals surface area (Å²) in [6, 6.07) is 10.0. The molecule has 1 fully saturated rings. The number of piperidine rings is 1. The van der Waals surface area contributed by atoms with Crippen LogP contribution in [0, 0.1) is 0 Å². The second-order valence-electron chi connectivity index (χ2n) is 9.74. The van der Waals surface area contributed by atoms with E-state index in [1.165, 1.54) is 30.3 Å². The first-order valence-corrected chi connectivity index (χ1v) is 14.5. The number of benzene rings is 2. The number of carboxylic acid groups (broad SMARTS) is 1. The minimum Gasteiger partial charge on any atom is -0.481 e. The minimum atomic E-state index is -4.76. The summed E-state index contributed by atoms with van der Waals surface area (Å²) in [7, 11) is -4.24. The van der Waals surface area contributed by atoms with Crippen molar-refractivity contribution in [2.75, 3.05) is 31.1 Å². The average molecular weight is 597 g/mol. The molecule has 2 aliphatic heterocycles. The molecule has 1 atom stereocenters. The maximum atomic E-state index is 13.8. The van der Waals surface area contributed by atoms with E-state index in [2.05, 4.69) is 25.7 Å². The van der Waals surface area contributed by atoms with Gasteiger partial charge in [-0.15, -0.1) is 0 Å². The van der Waals surface area contributed by atoms with Crippen LogP contribution in [0.15, 0.2) is 58.4 Å². The zero-order valence-electron chi connectivity index (χ0n) is 21.9. The first-order valence-electron chi connectivity index (χ1n) is 13.0. The fourth-order valence-corrected chi connectivity index (χ4v) is 5.75. The molecule has 1 saturated heterocycles. The fraction of sp³-hybridized carbons (Fsp3) is 0.423. The van der Waals surface area contributed by atoms with Crippen molar-refractivity contribution in [1.82, 2.24) is 20.7 Å². The highest BCUT2D eigenvalue weighted by molar-refractivity contribution is 7.89. The Morgan fingerprint density at radius 1 is 1.12 bits per heavy atom. The zero-order valence-corrected chi connectivity index (χ0v) is 22.8. The summed E-state index contributed by atoms with van der Waals surface area (Å²) in [6.45, 7) is 2.39. The number of anilines is 1. The van der Waals surface area contributed by atoms with Crippen LogP contribution in [0.25, 0.3) is 0 Å². The van der Waals surface area contributed by atoms with Gasteiger partial charge in [0.25, 0.3) is 5.91 Å². The molecule has 2 heterocycles. The molecule has 0 bridgehead atoms. The van der Waals surface area contributed by atoms with Crippen molar-refractivity contribution in [3.05, 3.63) is 59.7 Å².